The summed E-state index contributed by atoms with van der Waals surface area (Å²) in [5, 5.41) is 6.57. The van der Waals surface area contributed by atoms with Gasteiger partial charge in [0.25, 0.3) is 0 Å². The van der Waals surface area contributed by atoms with Gasteiger partial charge < -0.3 is 10.3 Å². The van der Waals surface area contributed by atoms with Crippen molar-refractivity contribution in [2.45, 2.75) is 39.5 Å². The summed E-state index contributed by atoms with van der Waals surface area (Å²) in [6.07, 6.45) is 3.74. The molecule has 5 nitrogen and oxygen atoms in total. The lowest BCUT2D eigenvalue weighted by Crippen LogP contribution is -2.40. The Kier molecular flexibility index (Phi) is 3.19. The van der Waals surface area contributed by atoms with Crippen LogP contribution in [0, 0.1) is 19.3 Å². The molecule has 0 spiro atoms. The number of carbonyl (C=O) groups excluding carboxylic acids is 1. The van der Waals surface area contributed by atoms with E-state index in [2.05, 4.69) is 10.5 Å². The minimum atomic E-state index is -0.0330. The molecule has 0 aliphatic heterocycles. The van der Waals surface area contributed by atoms with Gasteiger partial charge >= 0.3 is 0 Å². The molecule has 0 atom stereocenters. The van der Waals surface area contributed by atoms with Crippen molar-refractivity contribution >= 4 is 11.8 Å². The van der Waals surface area contributed by atoms with Gasteiger partial charge in [0.2, 0.25) is 11.8 Å². The molecule has 0 bridgehead atoms. The molecule has 0 unspecified atom stereocenters. The van der Waals surface area contributed by atoms with Gasteiger partial charge in [-0.1, -0.05) is 11.6 Å². The third-order valence-corrected chi connectivity index (χ3v) is 3.79. The first-order valence-corrected chi connectivity index (χ1v) is 5.99. The lowest BCUT2D eigenvalue weighted by molar-refractivity contribution is -0.119. The zero-order valence-electron chi connectivity index (χ0n) is 10.4. The van der Waals surface area contributed by atoms with Gasteiger partial charge in [-0.25, -0.2) is 0 Å². The fourth-order valence-electron chi connectivity index (χ4n) is 2.17. The van der Waals surface area contributed by atoms with E-state index in [1.807, 2.05) is 13.8 Å². The number of hydrogen-bond donors (Lipinski definition) is 2. The molecule has 1 aliphatic rings. The average Bonchev–Trinajstić information content (AvgIpc) is 2.55. The zero-order valence-corrected chi connectivity index (χ0v) is 10.4. The molecule has 1 heterocycles. The average molecular weight is 237 g/mol. The Balaban J connectivity index is 1.95. The van der Waals surface area contributed by atoms with Crippen molar-refractivity contribution in [1.82, 2.24) is 5.16 Å². The van der Waals surface area contributed by atoms with Gasteiger partial charge in [-0.15, -0.1) is 0 Å². The van der Waals surface area contributed by atoms with Crippen LogP contribution >= 0.6 is 0 Å². The topological polar surface area (TPSA) is 81.2 Å². The summed E-state index contributed by atoms with van der Waals surface area (Å²) in [6, 6.07) is 0. The number of nitrogens with two attached hydrogens (primary N) is 1. The minimum Gasteiger partial charge on any atom is -0.338 e. The summed E-state index contributed by atoms with van der Waals surface area (Å²) in [4.78, 5) is 11.9. The number of anilines is 1. The van der Waals surface area contributed by atoms with Crippen molar-refractivity contribution in [1.29, 1.82) is 0 Å². The zero-order chi connectivity index (χ0) is 12.5. The van der Waals surface area contributed by atoms with Crippen LogP contribution in [-0.2, 0) is 4.79 Å². The molecule has 1 saturated carbocycles. The first-order valence-electron chi connectivity index (χ1n) is 5.99. The maximum Gasteiger partial charge on any atom is 0.234 e. The second-order valence-corrected chi connectivity index (χ2v) is 5.00. The standard InChI is InChI=1S/C12H19N3O2/c1-8-9(2)15-17-11(8)14-10(16)6-12(7-13)4-3-5-12/h3-7,13H2,1-2H3,(H,14,16). The van der Waals surface area contributed by atoms with Crippen molar-refractivity contribution in [3.63, 3.8) is 0 Å². The van der Waals surface area contributed by atoms with Crippen molar-refractivity contribution in [3.8, 4) is 0 Å². The Morgan fingerprint density at radius 2 is 2.24 bits per heavy atom. The fourth-order valence-corrected chi connectivity index (χ4v) is 2.17. The SMILES string of the molecule is Cc1noc(NC(=O)CC2(CN)CCC2)c1C. The summed E-state index contributed by atoms with van der Waals surface area (Å²) >= 11 is 0. The lowest BCUT2D eigenvalue weighted by Gasteiger charge is -2.40. The molecule has 94 valence electrons. The Morgan fingerprint density at radius 1 is 1.53 bits per heavy atom. The predicted octanol–water partition coefficient (Wildman–Crippen LogP) is 1.75. The second kappa shape index (κ2) is 4.49. The van der Waals surface area contributed by atoms with Gasteiger partial charge in [-0.3, -0.25) is 10.1 Å². The predicted molar refractivity (Wildman–Crippen MR) is 64.6 cm³/mol. The van der Waals surface area contributed by atoms with E-state index in [0.29, 0.717) is 18.8 Å². The van der Waals surface area contributed by atoms with Gasteiger partial charge in [-0.2, -0.15) is 0 Å². The number of hydrogen-bond acceptors (Lipinski definition) is 4. The van der Waals surface area contributed by atoms with Gasteiger partial charge in [0.1, 0.15) is 0 Å². The van der Waals surface area contributed by atoms with Crippen LogP contribution in [0.5, 0.6) is 0 Å². The molecule has 5 heteroatoms. The third-order valence-electron chi connectivity index (χ3n) is 3.79. The van der Waals surface area contributed by atoms with Crippen LogP contribution in [0.2, 0.25) is 0 Å². The summed E-state index contributed by atoms with van der Waals surface area (Å²) in [5.74, 6) is 0.424. The molecule has 1 amide bonds. The van der Waals surface area contributed by atoms with E-state index in [0.717, 1.165) is 24.1 Å². The molecule has 1 aliphatic carbocycles. The van der Waals surface area contributed by atoms with Crippen LogP contribution in [0.1, 0.15) is 36.9 Å². The first-order chi connectivity index (χ1) is 8.06. The molecule has 2 rings (SSSR count). The quantitative estimate of drug-likeness (QED) is 0.835. The van der Waals surface area contributed by atoms with Crippen LogP contribution < -0.4 is 11.1 Å². The molecule has 0 saturated heterocycles. The summed E-state index contributed by atoms with van der Waals surface area (Å²) in [7, 11) is 0. The molecular weight excluding hydrogens is 218 g/mol. The van der Waals surface area contributed by atoms with Crippen molar-refractivity contribution in [2.75, 3.05) is 11.9 Å². The lowest BCUT2D eigenvalue weighted by atomic mass is 9.66. The molecule has 1 aromatic heterocycles. The van der Waals surface area contributed by atoms with Gasteiger partial charge in [0, 0.05) is 12.0 Å². The monoisotopic (exact) mass is 237 g/mol. The molecule has 1 aromatic rings. The van der Waals surface area contributed by atoms with Crippen LogP contribution in [0.25, 0.3) is 0 Å². The number of nitrogens with zero attached hydrogens (tertiary/aromatic N) is 1. The fraction of sp³-hybridized carbons (Fsp3) is 0.667. The number of nitrogens with one attached hydrogen (secondary N) is 1. The van der Waals surface area contributed by atoms with Gasteiger partial charge in [0.15, 0.2) is 0 Å². The van der Waals surface area contributed by atoms with E-state index in [1.54, 1.807) is 0 Å². The Morgan fingerprint density at radius 3 is 2.65 bits per heavy atom. The summed E-state index contributed by atoms with van der Waals surface area (Å²) in [5.41, 5.74) is 7.44. The van der Waals surface area contributed by atoms with E-state index in [-0.39, 0.29) is 11.3 Å². The number of aryl methyl sites for hydroxylation is 1. The summed E-state index contributed by atoms with van der Waals surface area (Å²) in [6.45, 7) is 4.31. The highest BCUT2D eigenvalue weighted by Crippen LogP contribution is 2.43. The molecule has 0 aromatic carbocycles. The Hall–Kier alpha value is -1.36. The normalized spacial score (nSPS) is 17.6. The van der Waals surface area contributed by atoms with Crippen molar-refractivity contribution in [2.24, 2.45) is 11.1 Å². The third kappa shape index (κ3) is 2.34. The maximum absolute atomic E-state index is 11.9. The van der Waals surface area contributed by atoms with E-state index in [9.17, 15) is 4.79 Å². The molecule has 3 N–H and O–H groups in total. The first kappa shape index (κ1) is 12.1. The second-order valence-electron chi connectivity index (χ2n) is 5.00. The maximum atomic E-state index is 11.9. The van der Waals surface area contributed by atoms with Crippen molar-refractivity contribution in [3.05, 3.63) is 11.3 Å². The highest BCUT2D eigenvalue weighted by molar-refractivity contribution is 5.90. The Bertz CT molecular complexity index is 416. The number of aromatic nitrogens is 1. The van der Waals surface area contributed by atoms with Gasteiger partial charge in [0.05, 0.1) is 5.69 Å². The number of amides is 1. The number of carbonyl (C=O) groups is 1. The molecular formula is C12H19N3O2. The molecule has 0 radical (unpaired) electrons. The minimum absolute atomic E-state index is 0.0209. The Labute approximate surface area is 101 Å². The molecule has 1 fully saturated rings. The van der Waals surface area contributed by atoms with Crippen LogP contribution in [-0.4, -0.2) is 17.6 Å². The van der Waals surface area contributed by atoms with E-state index in [1.165, 1.54) is 6.42 Å². The van der Waals surface area contributed by atoms with E-state index >= 15 is 0 Å². The number of rotatable bonds is 4. The highest BCUT2D eigenvalue weighted by Gasteiger charge is 2.37. The largest absolute Gasteiger partial charge is 0.338 e. The smallest absolute Gasteiger partial charge is 0.234 e. The van der Waals surface area contributed by atoms with E-state index in [4.69, 9.17) is 10.3 Å². The summed E-state index contributed by atoms with van der Waals surface area (Å²) < 4.78 is 5.05. The van der Waals surface area contributed by atoms with Crippen LogP contribution in [0.15, 0.2) is 4.52 Å². The van der Waals surface area contributed by atoms with Gasteiger partial charge in [-0.05, 0) is 38.6 Å². The molecule has 17 heavy (non-hydrogen) atoms. The van der Waals surface area contributed by atoms with Crippen LogP contribution in [0.4, 0.5) is 5.88 Å². The highest BCUT2D eigenvalue weighted by atomic mass is 16.5. The van der Waals surface area contributed by atoms with Crippen molar-refractivity contribution < 1.29 is 9.32 Å². The van der Waals surface area contributed by atoms with E-state index < -0.39 is 0 Å². The van der Waals surface area contributed by atoms with Crippen LogP contribution in [0.3, 0.4) is 0 Å².